The zero-order chi connectivity index (χ0) is 20.3. The zero-order valence-corrected chi connectivity index (χ0v) is 16.5. The summed E-state index contributed by atoms with van der Waals surface area (Å²) in [5.74, 6) is -0.0184. The van der Waals surface area contributed by atoms with Crippen LogP contribution in [0.1, 0.15) is 34.3 Å². The van der Waals surface area contributed by atoms with Gasteiger partial charge in [-0.3, -0.25) is 9.59 Å². The summed E-state index contributed by atoms with van der Waals surface area (Å²) in [6.07, 6.45) is 1.01. The van der Waals surface area contributed by atoms with Crippen molar-refractivity contribution in [1.82, 2.24) is 10.2 Å². The summed E-state index contributed by atoms with van der Waals surface area (Å²) in [7, 11) is 0. The van der Waals surface area contributed by atoms with Crippen LogP contribution in [0.2, 0.25) is 0 Å². The van der Waals surface area contributed by atoms with Gasteiger partial charge in [-0.1, -0.05) is 78.9 Å². The first-order valence-electron chi connectivity index (χ1n) is 9.91. The quantitative estimate of drug-likeness (QED) is 0.553. The summed E-state index contributed by atoms with van der Waals surface area (Å²) >= 11 is 0. The summed E-state index contributed by atoms with van der Waals surface area (Å²) in [6, 6.07) is 29.1. The predicted octanol–water partition coefficient (Wildman–Crippen LogP) is 4.43. The highest BCUT2D eigenvalue weighted by Gasteiger charge is 2.14. The van der Waals surface area contributed by atoms with Gasteiger partial charge in [0.2, 0.25) is 5.91 Å². The van der Waals surface area contributed by atoms with Crippen LogP contribution in [0.4, 0.5) is 0 Å². The molecule has 0 spiro atoms. The fourth-order valence-electron chi connectivity index (χ4n) is 3.13. The molecule has 0 unspecified atom stereocenters. The summed E-state index contributed by atoms with van der Waals surface area (Å²) in [5, 5.41) is 2.88. The van der Waals surface area contributed by atoms with E-state index < -0.39 is 0 Å². The molecule has 0 bridgehead atoms. The Morgan fingerprint density at radius 3 is 1.69 bits per heavy atom. The van der Waals surface area contributed by atoms with Gasteiger partial charge >= 0.3 is 0 Å². The molecule has 29 heavy (non-hydrogen) atoms. The van der Waals surface area contributed by atoms with Gasteiger partial charge in [0.25, 0.3) is 5.91 Å². The van der Waals surface area contributed by atoms with Gasteiger partial charge in [0.05, 0.1) is 0 Å². The Morgan fingerprint density at radius 2 is 1.17 bits per heavy atom. The van der Waals surface area contributed by atoms with Gasteiger partial charge in [-0.25, -0.2) is 0 Å². The van der Waals surface area contributed by atoms with Gasteiger partial charge in [0.15, 0.2) is 0 Å². The maximum Gasteiger partial charge on any atom is 0.251 e. The van der Waals surface area contributed by atoms with Crippen LogP contribution in [0.3, 0.4) is 0 Å². The van der Waals surface area contributed by atoms with Gasteiger partial charge in [-0.15, -0.1) is 0 Å². The molecule has 0 heterocycles. The molecule has 0 aliphatic heterocycles. The van der Waals surface area contributed by atoms with Gasteiger partial charge in [-0.2, -0.15) is 0 Å². The highest BCUT2D eigenvalue weighted by Crippen LogP contribution is 2.12. The van der Waals surface area contributed by atoms with Crippen LogP contribution < -0.4 is 5.32 Å². The van der Waals surface area contributed by atoms with Crippen molar-refractivity contribution in [2.45, 2.75) is 25.9 Å². The monoisotopic (exact) mass is 386 g/mol. The number of carbonyl (C=O) groups excluding carboxylic acids is 2. The second-order valence-electron chi connectivity index (χ2n) is 6.95. The van der Waals surface area contributed by atoms with Crippen molar-refractivity contribution in [2.75, 3.05) is 6.54 Å². The zero-order valence-electron chi connectivity index (χ0n) is 16.5. The van der Waals surface area contributed by atoms with Crippen molar-refractivity contribution >= 4 is 11.8 Å². The Kier molecular flexibility index (Phi) is 7.58. The molecule has 0 radical (unpaired) electrons. The molecule has 4 nitrogen and oxygen atoms in total. The van der Waals surface area contributed by atoms with Crippen molar-refractivity contribution in [1.29, 1.82) is 0 Å². The standard InChI is InChI=1S/C25H26N2O2/c28-24(17-10-18-26-25(29)23-15-8-3-9-16-23)27(19-21-11-4-1-5-12-21)20-22-13-6-2-7-14-22/h1-9,11-16H,10,17-20H2,(H,26,29). The number of nitrogens with one attached hydrogen (secondary N) is 1. The third kappa shape index (κ3) is 6.61. The van der Waals surface area contributed by atoms with Gasteiger partial charge in [-0.05, 0) is 29.7 Å². The van der Waals surface area contributed by atoms with Crippen LogP contribution >= 0.6 is 0 Å². The van der Waals surface area contributed by atoms with E-state index >= 15 is 0 Å². The van der Waals surface area contributed by atoms with Crippen LogP contribution in [-0.2, 0) is 17.9 Å². The molecule has 0 aliphatic rings. The van der Waals surface area contributed by atoms with Crippen molar-refractivity contribution in [3.05, 3.63) is 108 Å². The lowest BCUT2D eigenvalue weighted by atomic mass is 10.1. The van der Waals surface area contributed by atoms with E-state index in [-0.39, 0.29) is 11.8 Å². The number of hydrogen-bond acceptors (Lipinski definition) is 2. The summed E-state index contributed by atoms with van der Waals surface area (Å²) in [6.45, 7) is 1.62. The number of carbonyl (C=O) groups is 2. The van der Waals surface area contributed by atoms with E-state index in [4.69, 9.17) is 0 Å². The average Bonchev–Trinajstić information content (AvgIpc) is 2.78. The molecule has 3 aromatic carbocycles. The first kappa shape index (κ1) is 20.3. The molecule has 3 aromatic rings. The van der Waals surface area contributed by atoms with E-state index in [1.54, 1.807) is 12.1 Å². The molecule has 2 amide bonds. The molecule has 0 atom stereocenters. The summed E-state index contributed by atoms with van der Waals surface area (Å²) in [5.41, 5.74) is 2.84. The van der Waals surface area contributed by atoms with Gasteiger partial charge in [0.1, 0.15) is 0 Å². The van der Waals surface area contributed by atoms with Crippen molar-refractivity contribution in [2.24, 2.45) is 0 Å². The highest BCUT2D eigenvalue weighted by molar-refractivity contribution is 5.94. The molecule has 3 rings (SSSR count). The fourth-order valence-corrected chi connectivity index (χ4v) is 3.13. The molecular formula is C25H26N2O2. The highest BCUT2D eigenvalue weighted by atomic mass is 16.2. The fraction of sp³-hybridized carbons (Fsp3) is 0.200. The van der Waals surface area contributed by atoms with Crippen LogP contribution in [0.25, 0.3) is 0 Å². The van der Waals surface area contributed by atoms with Gasteiger partial charge in [0, 0.05) is 31.6 Å². The smallest absolute Gasteiger partial charge is 0.251 e. The first-order valence-corrected chi connectivity index (χ1v) is 9.91. The molecule has 148 valence electrons. The van der Waals surface area contributed by atoms with Crippen molar-refractivity contribution in [3.8, 4) is 0 Å². The molecule has 4 heteroatoms. The third-order valence-electron chi connectivity index (χ3n) is 4.67. The largest absolute Gasteiger partial charge is 0.352 e. The third-order valence-corrected chi connectivity index (χ3v) is 4.67. The average molecular weight is 386 g/mol. The van der Waals surface area contributed by atoms with E-state index in [9.17, 15) is 9.59 Å². The Bertz CT molecular complexity index is 854. The molecule has 1 N–H and O–H groups in total. The SMILES string of the molecule is O=C(NCCCC(=O)N(Cc1ccccc1)Cc1ccccc1)c1ccccc1. The number of rotatable bonds is 9. The molecule has 0 fully saturated rings. The first-order chi connectivity index (χ1) is 14.2. The Balaban J connectivity index is 1.54. The number of benzene rings is 3. The van der Waals surface area contributed by atoms with Crippen molar-refractivity contribution in [3.63, 3.8) is 0 Å². The lowest BCUT2D eigenvalue weighted by Gasteiger charge is -2.23. The molecule has 0 aromatic heterocycles. The second-order valence-corrected chi connectivity index (χ2v) is 6.95. The Hall–Kier alpha value is -3.40. The number of nitrogens with zero attached hydrogens (tertiary/aromatic N) is 1. The van der Waals surface area contributed by atoms with E-state index in [0.717, 1.165) is 11.1 Å². The predicted molar refractivity (Wildman–Crippen MR) is 115 cm³/mol. The molecule has 0 saturated carbocycles. The Morgan fingerprint density at radius 1 is 0.690 bits per heavy atom. The normalized spacial score (nSPS) is 10.3. The van der Waals surface area contributed by atoms with Crippen LogP contribution in [-0.4, -0.2) is 23.3 Å². The number of hydrogen-bond donors (Lipinski definition) is 1. The van der Waals surface area contributed by atoms with E-state index in [0.29, 0.717) is 38.0 Å². The second kappa shape index (κ2) is 10.8. The maximum atomic E-state index is 12.9. The van der Waals surface area contributed by atoms with Crippen LogP contribution in [0, 0.1) is 0 Å². The van der Waals surface area contributed by atoms with E-state index in [2.05, 4.69) is 5.32 Å². The molecule has 0 aliphatic carbocycles. The molecule has 0 saturated heterocycles. The van der Waals surface area contributed by atoms with E-state index in [1.165, 1.54) is 0 Å². The summed E-state index contributed by atoms with van der Waals surface area (Å²) < 4.78 is 0. The molecular weight excluding hydrogens is 360 g/mol. The van der Waals surface area contributed by atoms with Gasteiger partial charge < -0.3 is 10.2 Å². The van der Waals surface area contributed by atoms with Crippen molar-refractivity contribution < 1.29 is 9.59 Å². The lowest BCUT2D eigenvalue weighted by molar-refractivity contribution is -0.132. The number of amides is 2. The lowest BCUT2D eigenvalue weighted by Crippen LogP contribution is -2.31. The topological polar surface area (TPSA) is 49.4 Å². The van der Waals surface area contributed by atoms with E-state index in [1.807, 2.05) is 83.8 Å². The van der Waals surface area contributed by atoms with Crippen LogP contribution in [0.15, 0.2) is 91.0 Å². The minimum Gasteiger partial charge on any atom is -0.352 e. The van der Waals surface area contributed by atoms with Crippen LogP contribution in [0.5, 0.6) is 0 Å². The minimum absolute atomic E-state index is 0.0895. The minimum atomic E-state index is -0.108. The summed E-state index contributed by atoms with van der Waals surface area (Å²) in [4.78, 5) is 26.9. The maximum absolute atomic E-state index is 12.9. The Labute approximate surface area is 172 Å².